The molecule has 0 radical (unpaired) electrons. The van der Waals surface area contributed by atoms with Crippen LogP contribution < -0.4 is 5.56 Å². The zero-order chi connectivity index (χ0) is 31.2. The lowest BCUT2D eigenvalue weighted by molar-refractivity contribution is 0.211. The molecule has 0 unspecified atom stereocenters. The van der Waals surface area contributed by atoms with Gasteiger partial charge in [-0.15, -0.1) is 0 Å². The van der Waals surface area contributed by atoms with Gasteiger partial charge in [0.1, 0.15) is 11.6 Å². The van der Waals surface area contributed by atoms with Gasteiger partial charge in [0.15, 0.2) is 5.58 Å². The molecule has 0 N–H and O–H groups in total. The number of nitrogens with zero attached hydrogens (tertiary/aromatic N) is 4. The number of benzene rings is 1. The quantitative estimate of drug-likeness (QED) is 0.643. The Kier molecular flexibility index (Phi) is 2.70. The molecule has 0 aliphatic carbocycles. The van der Waals surface area contributed by atoms with Crippen molar-refractivity contribution in [2.75, 3.05) is 19.6 Å². The molecule has 158 valence electrons. The molecule has 0 saturated carbocycles. The summed E-state index contributed by atoms with van der Waals surface area (Å²) in [6, 6.07) is -1.75. The van der Waals surface area contributed by atoms with E-state index in [0.29, 0.717) is 36.2 Å². The summed E-state index contributed by atoms with van der Waals surface area (Å²) in [5.41, 5.74) is -1.76. The molecule has 1 aromatic carbocycles. The third-order valence-electron chi connectivity index (χ3n) is 5.64. The summed E-state index contributed by atoms with van der Waals surface area (Å²) in [4.78, 5) is 19.5. The van der Waals surface area contributed by atoms with Gasteiger partial charge in [0, 0.05) is 60.4 Å². The van der Waals surface area contributed by atoms with E-state index in [1.54, 1.807) is 0 Å². The molecule has 1 fully saturated rings. The summed E-state index contributed by atoms with van der Waals surface area (Å²) in [6.07, 6.45) is -5.78. The van der Waals surface area contributed by atoms with Gasteiger partial charge in [0.25, 0.3) is 5.56 Å². The van der Waals surface area contributed by atoms with E-state index in [0.717, 1.165) is 0 Å². The summed E-state index contributed by atoms with van der Waals surface area (Å²) >= 11 is 0. The maximum absolute atomic E-state index is 14.1. The van der Waals surface area contributed by atoms with E-state index >= 15 is 0 Å². The molecule has 2 aliphatic rings. The molecular weight excluding hydrogens is 383 g/mol. The van der Waals surface area contributed by atoms with Gasteiger partial charge in [-0.1, -0.05) is 5.16 Å². The second-order valence-electron chi connectivity index (χ2n) is 7.41. The van der Waals surface area contributed by atoms with Crippen LogP contribution >= 0.6 is 0 Å². The Morgan fingerprint density at radius 1 is 1.37 bits per heavy atom. The third-order valence-corrected chi connectivity index (χ3v) is 5.64. The highest BCUT2D eigenvalue weighted by Crippen LogP contribution is 2.32. The number of aryl methyl sites for hydroxylation is 2. The van der Waals surface area contributed by atoms with Crippen LogP contribution in [-0.4, -0.2) is 39.2 Å². The smallest absolute Gasteiger partial charge is 0.256 e. The van der Waals surface area contributed by atoms with Crippen LogP contribution in [0.2, 0.25) is 0 Å². The maximum Gasteiger partial charge on any atom is 0.256 e. The molecule has 30 heavy (non-hydrogen) atoms. The summed E-state index contributed by atoms with van der Waals surface area (Å²) < 4.78 is 116. The number of aromatic nitrogens is 3. The van der Waals surface area contributed by atoms with Crippen molar-refractivity contribution in [1.29, 1.82) is 0 Å². The highest BCUT2D eigenvalue weighted by molar-refractivity contribution is 5.79. The van der Waals surface area contributed by atoms with Crippen molar-refractivity contribution in [3.05, 3.63) is 57.1 Å². The topological polar surface area (TPSA) is 64.2 Å². The number of hydrogen-bond donors (Lipinski definition) is 0. The van der Waals surface area contributed by atoms with Crippen LogP contribution in [0.1, 0.15) is 70.7 Å². The van der Waals surface area contributed by atoms with Gasteiger partial charge in [-0.05, 0) is 64.0 Å². The summed E-state index contributed by atoms with van der Waals surface area (Å²) in [6.45, 7) is -4.91. The lowest BCUT2D eigenvalue weighted by Crippen LogP contribution is -2.37. The average Bonchev–Trinajstić information content (AvgIpc) is 3.34. The van der Waals surface area contributed by atoms with Crippen molar-refractivity contribution >= 4 is 11.0 Å². The third kappa shape index (κ3) is 3.55. The van der Waals surface area contributed by atoms with Gasteiger partial charge in [-0.2, -0.15) is 0 Å². The molecule has 5 rings (SSSR count). The fraction of sp³-hybridized carbons (Fsp3) is 0.522. The van der Waals surface area contributed by atoms with Crippen molar-refractivity contribution in [3.63, 3.8) is 0 Å². The minimum absolute atomic E-state index is 0.124. The Morgan fingerprint density at radius 2 is 2.23 bits per heavy atom. The summed E-state index contributed by atoms with van der Waals surface area (Å²) in [5, 5.41) is 4.10. The second-order valence-corrected chi connectivity index (χ2v) is 7.41. The van der Waals surface area contributed by atoms with Crippen LogP contribution in [0, 0.1) is 12.7 Å². The molecular formula is C23H27FN4O2. The predicted octanol–water partition coefficient (Wildman–Crippen LogP) is 3.59. The first-order valence-electron chi connectivity index (χ1n) is 15.7. The average molecular weight is 423 g/mol. The number of hydrogen-bond acceptors (Lipinski definition) is 5. The van der Waals surface area contributed by atoms with Gasteiger partial charge >= 0.3 is 0 Å². The number of rotatable bonds is 4. The summed E-state index contributed by atoms with van der Waals surface area (Å²) in [5.74, 6) is -1.85. The molecule has 0 amide bonds. The van der Waals surface area contributed by atoms with Gasteiger partial charge < -0.3 is 9.42 Å². The minimum atomic E-state index is -3.13. The molecule has 4 heterocycles. The van der Waals surface area contributed by atoms with Crippen LogP contribution in [0.4, 0.5) is 4.39 Å². The maximum atomic E-state index is 14.1. The Balaban J connectivity index is 1.39. The Morgan fingerprint density at radius 3 is 3.07 bits per heavy atom. The highest BCUT2D eigenvalue weighted by atomic mass is 19.1. The Labute approximate surface area is 191 Å². The first kappa shape index (κ1) is 10.2. The van der Waals surface area contributed by atoms with Crippen LogP contribution in [0.5, 0.6) is 0 Å². The summed E-state index contributed by atoms with van der Waals surface area (Å²) in [7, 11) is 0. The van der Waals surface area contributed by atoms with E-state index < -0.39 is 73.5 Å². The lowest BCUT2D eigenvalue weighted by atomic mass is 9.91. The van der Waals surface area contributed by atoms with Crippen LogP contribution in [0.25, 0.3) is 11.0 Å². The van der Waals surface area contributed by atoms with Gasteiger partial charge in [0.05, 0.1) is 9.81 Å². The molecule has 0 atom stereocenters. The second kappa shape index (κ2) is 7.95. The van der Waals surface area contributed by atoms with E-state index in [1.165, 1.54) is 0 Å². The lowest BCUT2D eigenvalue weighted by Gasteiger charge is -2.31. The Hall–Kier alpha value is -2.54. The molecule has 0 spiro atoms. The molecule has 0 bridgehead atoms. The van der Waals surface area contributed by atoms with Gasteiger partial charge in [0.2, 0.25) is 0 Å². The zero-order valence-corrected chi connectivity index (χ0v) is 16.0. The van der Waals surface area contributed by atoms with Crippen molar-refractivity contribution in [2.24, 2.45) is 0 Å². The van der Waals surface area contributed by atoms with Crippen LogP contribution in [-0.2, 0) is 19.3 Å². The highest BCUT2D eigenvalue weighted by Gasteiger charge is 2.25. The monoisotopic (exact) mass is 422 g/mol. The number of piperidine rings is 1. The van der Waals surface area contributed by atoms with Crippen LogP contribution in [0.3, 0.4) is 0 Å². The van der Waals surface area contributed by atoms with Crippen molar-refractivity contribution in [1.82, 2.24) is 19.6 Å². The molecule has 1 saturated heterocycles. The largest absolute Gasteiger partial charge is 0.356 e. The standard InChI is InChI=1S/C23H27FN4O2/c1-15-18(23(29)28-10-3-2-4-21(28)25-15)9-13-27-11-7-16(8-12-27)22-19-6-5-17(24)14-20(19)30-26-22/h5-6,14,16H,2-4,7-13H2,1H3/i1D3,2D2,3D2,5D,6D,10D2,14D. The molecule has 2 aromatic heterocycles. The van der Waals surface area contributed by atoms with E-state index in [1.807, 2.05) is 4.90 Å². The van der Waals surface area contributed by atoms with E-state index in [9.17, 15) is 9.18 Å². The zero-order valence-electron chi connectivity index (χ0n) is 28.0. The van der Waals surface area contributed by atoms with Gasteiger partial charge in [-0.25, -0.2) is 9.37 Å². The van der Waals surface area contributed by atoms with Crippen molar-refractivity contribution < 1.29 is 25.4 Å². The Bertz CT molecular complexity index is 1630. The number of likely N-dealkylation sites (tertiary alicyclic amines) is 1. The van der Waals surface area contributed by atoms with E-state index in [-0.39, 0.29) is 35.4 Å². The van der Waals surface area contributed by atoms with E-state index in [2.05, 4.69) is 10.1 Å². The fourth-order valence-corrected chi connectivity index (χ4v) is 4.01. The first-order chi connectivity index (χ1) is 19.3. The molecule has 7 heteroatoms. The number of halogens is 1. The SMILES string of the molecule is [2H]c1c(F)c([2H])c2onc(C3CCN(CCc4c(C([2H])([2H])[2H])nc5n(c4=O)C([2H])([2H])C([2H])([2H])C([2H])([2H])C5)CC3)c2c1[2H]. The molecule has 3 aromatic rings. The fourth-order valence-electron chi connectivity index (χ4n) is 4.01. The normalized spacial score (nSPS) is 29.4. The number of fused-ring (bicyclic) bond motifs is 2. The molecule has 6 nitrogen and oxygen atoms in total. The van der Waals surface area contributed by atoms with Crippen LogP contribution in [0.15, 0.2) is 27.4 Å². The molecule has 2 aliphatic heterocycles. The van der Waals surface area contributed by atoms with Gasteiger partial charge in [-0.3, -0.25) is 9.36 Å². The predicted molar refractivity (Wildman–Crippen MR) is 112 cm³/mol. The minimum Gasteiger partial charge on any atom is -0.356 e. The van der Waals surface area contributed by atoms with Crippen molar-refractivity contribution in [3.8, 4) is 0 Å². The first-order valence-corrected chi connectivity index (χ1v) is 9.74. The van der Waals surface area contributed by atoms with Crippen molar-refractivity contribution in [2.45, 2.75) is 57.7 Å². The van der Waals surface area contributed by atoms with E-state index in [4.69, 9.17) is 21.0 Å².